The van der Waals surface area contributed by atoms with Gasteiger partial charge < -0.3 is 9.53 Å². The number of hydrogen-bond donors (Lipinski definition) is 1. The molecule has 0 unspecified atom stereocenters. The Kier molecular flexibility index (Phi) is 4.79. The third kappa shape index (κ3) is 4.35. The average molecular weight is 325 g/mol. The molecule has 0 heterocycles. The van der Waals surface area contributed by atoms with E-state index in [1.807, 2.05) is 30.3 Å². The van der Waals surface area contributed by atoms with Crippen molar-refractivity contribution in [3.05, 3.63) is 46.7 Å². The van der Waals surface area contributed by atoms with Crippen molar-refractivity contribution in [1.82, 2.24) is 0 Å². The second-order valence-corrected chi connectivity index (χ2v) is 11.3. The molecule has 1 N–H and O–H groups in total. The van der Waals surface area contributed by atoms with Crippen molar-refractivity contribution < 1.29 is 14.3 Å². The Labute approximate surface area is 131 Å². The van der Waals surface area contributed by atoms with E-state index in [2.05, 4.69) is 19.6 Å². The van der Waals surface area contributed by atoms with Gasteiger partial charge in [-0.05, 0) is 49.8 Å². The second-order valence-electron chi connectivity index (χ2n) is 6.43. The van der Waals surface area contributed by atoms with Gasteiger partial charge in [0.1, 0.15) is 0 Å². The normalized spacial score (nSPS) is 22.6. The zero-order valence-corrected chi connectivity index (χ0v) is 14.4. The number of allylic oxidation sites excluding steroid dienone is 2. The Morgan fingerprint density at radius 1 is 1.29 bits per heavy atom. The maximum absolute atomic E-state index is 11.5. The maximum atomic E-state index is 11.5. The summed E-state index contributed by atoms with van der Waals surface area (Å²) >= 11 is 5.92. The molecule has 0 radical (unpaired) electrons. The largest absolute Gasteiger partial charge is 0.548 e. The Bertz CT molecular complexity index is 546. The molecule has 3 nitrogen and oxygen atoms in total. The summed E-state index contributed by atoms with van der Waals surface area (Å²) in [5.41, 5.74) is 1.01. The number of carboxylic acids is 1. The number of rotatable bonds is 4. The summed E-state index contributed by atoms with van der Waals surface area (Å²) in [4.78, 5) is 11.5. The molecule has 0 amide bonds. The minimum absolute atomic E-state index is 0.0592. The van der Waals surface area contributed by atoms with Crippen LogP contribution in [0.2, 0.25) is 24.7 Å². The number of hydrogen-bond acceptors (Lipinski definition) is 2. The van der Waals surface area contributed by atoms with Gasteiger partial charge in [0, 0.05) is 17.4 Å². The zero-order valence-electron chi connectivity index (χ0n) is 12.6. The predicted molar refractivity (Wildman–Crippen MR) is 87.1 cm³/mol. The molecule has 1 aromatic rings. The van der Waals surface area contributed by atoms with Crippen molar-refractivity contribution in [1.29, 1.82) is 0 Å². The topological polar surface area (TPSA) is 46.5 Å². The van der Waals surface area contributed by atoms with E-state index in [9.17, 15) is 9.90 Å². The molecule has 1 aromatic carbocycles. The predicted octanol–water partition coefficient (Wildman–Crippen LogP) is 4.65. The fourth-order valence-corrected chi connectivity index (χ4v) is 3.75. The minimum Gasteiger partial charge on any atom is -0.548 e. The molecule has 114 valence electrons. The molecule has 0 saturated heterocycles. The average Bonchev–Trinajstić information content (AvgIpc) is 2.37. The highest BCUT2D eigenvalue weighted by Gasteiger charge is 2.34. The van der Waals surface area contributed by atoms with Crippen LogP contribution in [0.4, 0.5) is 0 Å². The second kappa shape index (κ2) is 6.24. The van der Waals surface area contributed by atoms with Crippen molar-refractivity contribution in [2.75, 3.05) is 0 Å². The Balaban J connectivity index is 2.25. The smallest absolute Gasteiger partial charge is 0.307 e. The molecule has 0 fully saturated rings. The van der Waals surface area contributed by atoms with E-state index in [1.54, 1.807) is 0 Å². The molecular formula is C16H21ClO3Si. The van der Waals surface area contributed by atoms with Crippen molar-refractivity contribution in [2.45, 2.75) is 38.4 Å². The van der Waals surface area contributed by atoms with Crippen LogP contribution in [0.25, 0.3) is 0 Å². The molecule has 0 spiro atoms. The van der Waals surface area contributed by atoms with E-state index in [4.69, 9.17) is 16.0 Å². The van der Waals surface area contributed by atoms with Crippen LogP contribution in [-0.2, 0) is 9.22 Å². The zero-order chi connectivity index (χ0) is 15.6. The summed E-state index contributed by atoms with van der Waals surface area (Å²) in [6.45, 7) is 6.40. The third-order valence-electron chi connectivity index (χ3n) is 3.56. The first-order valence-corrected chi connectivity index (χ1v) is 10.9. The highest BCUT2D eigenvalue weighted by atomic mass is 35.5. The summed E-state index contributed by atoms with van der Waals surface area (Å²) < 4.78 is 6.06. The molecule has 1 aliphatic rings. The summed E-state index contributed by atoms with van der Waals surface area (Å²) in [7, 11) is -1.67. The Hall–Kier alpha value is -1.26. The molecule has 0 bridgehead atoms. The van der Waals surface area contributed by atoms with Gasteiger partial charge in [-0.25, -0.2) is 0 Å². The standard InChI is InChI=1S/C16H21ClO3Si/c1-21(2,3)20-13-8-9-14(16(18)19)15(10-13)11-4-6-12(17)7-5-11/h4-8,14-15H,9-10H2,1-3H3,(H,18,19)/t14-,15+/m1/s1. The minimum atomic E-state index is -1.67. The van der Waals surface area contributed by atoms with Crippen LogP contribution < -0.4 is 0 Å². The number of aliphatic carboxylic acids is 1. The van der Waals surface area contributed by atoms with Crippen LogP contribution in [-0.4, -0.2) is 19.4 Å². The molecule has 0 aliphatic heterocycles. The summed E-state index contributed by atoms with van der Waals surface area (Å²) in [5, 5.41) is 10.1. The van der Waals surface area contributed by atoms with Gasteiger partial charge in [0.15, 0.2) is 0 Å². The first kappa shape index (κ1) is 16.1. The number of benzene rings is 1. The number of halogens is 1. The molecular weight excluding hydrogens is 304 g/mol. The summed E-state index contributed by atoms with van der Waals surface area (Å²) in [6.07, 6.45) is 3.11. The van der Waals surface area contributed by atoms with Crippen LogP contribution in [0.5, 0.6) is 0 Å². The van der Waals surface area contributed by atoms with Crippen molar-refractivity contribution in [3.8, 4) is 0 Å². The molecule has 2 atom stereocenters. The SMILES string of the molecule is C[Si](C)(C)OC1=CC[C@@H](C(=O)O)[C@H](c2ccc(Cl)cc2)C1. The van der Waals surface area contributed by atoms with E-state index >= 15 is 0 Å². The first-order valence-electron chi connectivity index (χ1n) is 7.12. The molecule has 21 heavy (non-hydrogen) atoms. The van der Waals surface area contributed by atoms with Gasteiger partial charge in [0.25, 0.3) is 0 Å². The lowest BCUT2D eigenvalue weighted by atomic mass is 9.78. The molecule has 0 saturated carbocycles. The van der Waals surface area contributed by atoms with Crippen molar-refractivity contribution in [3.63, 3.8) is 0 Å². The molecule has 1 aliphatic carbocycles. The summed E-state index contributed by atoms with van der Waals surface area (Å²) in [5.74, 6) is -0.277. The highest BCUT2D eigenvalue weighted by molar-refractivity contribution is 6.70. The van der Waals surface area contributed by atoms with Crippen LogP contribution in [0, 0.1) is 5.92 Å². The van der Waals surface area contributed by atoms with E-state index in [1.165, 1.54) is 0 Å². The lowest BCUT2D eigenvalue weighted by Gasteiger charge is -2.32. The lowest BCUT2D eigenvalue weighted by Crippen LogP contribution is -2.30. The van der Waals surface area contributed by atoms with Crippen molar-refractivity contribution in [2.24, 2.45) is 5.92 Å². The van der Waals surface area contributed by atoms with Crippen LogP contribution >= 0.6 is 11.6 Å². The molecule has 5 heteroatoms. The lowest BCUT2D eigenvalue weighted by molar-refractivity contribution is -0.142. The van der Waals surface area contributed by atoms with Gasteiger partial charge in [-0.2, -0.15) is 0 Å². The summed E-state index contributed by atoms with van der Waals surface area (Å²) in [6, 6.07) is 7.46. The van der Waals surface area contributed by atoms with Crippen molar-refractivity contribution >= 4 is 25.9 Å². The number of carbonyl (C=O) groups is 1. The van der Waals surface area contributed by atoms with Gasteiger partial charge in [-0.1, -0.05) is 23.7 Å². The monoisotopic (exact) mass is 324 g/mol. The quantitative estimate of drug-likeness (QED) is 0.820. The fraction of sp³-hybridized carbons (Fsp3) is 0.438. The van der Waals surface area contributed by atoms with Crippen LogP contribution in [0.1, 0.15) is 24.3 Å². The third-order valence-corrected chi connectivity index (χ3v) is 4.69. The highest BCUT2D eigenvalue weighted by Crippen LogP contribution is 2.39. The van der Waals surface area contributed by atoms with Crippen LogP contribution in [0.15, 0.2) is 36.1 Å². The molecule has 2 rings (SSSR count). The van der Waals surface area contributed by atoms with Crippen LogP contribution in [0.3, 0.4) is 0 Å². The Morgan fingerprint density at radius 2 is 1.90 bits per heavy atom. The maximum Gasteiger partial charge on any atom is 0.307 e. The molecule has 0 aromatic heterocycles. The number of carboxylic acid groups (broad SMARTS) is 1. The first-order chi connectivity index (χ1) is 9.76. The van der Waals surface area contributed by atoms with Gasteiger partial charge in [0.05, 0.1) is 11.7 Å². The van der Waals surface area contributed by atoms with E-state index in [-0.39, 0.29) is 5.92 Å². The van der Waals surface area contributed by atoms with E-state index in [0.717, 1.165) is 11.3 Å². The fourth-order valence-electron chi connectivity index (χ4n) is 2.67. The Morgan fingerprint density at radius 3 is 2.43 bits per heavy atom. The van der Waals surface area contributed by atoms with Gasteiger partial charge in [0.2, 0.25) is 8.32 Å². The van der Waals surface area contributed by atoms with E-state index in [0.29, 0.717) is 17.9 Å². The van der Waals surface area contributed by atoms with Gasteiger partial charge in [-0.3, -0.25) is 4.79 Å². The van der Waals surface area contributed by atoms with E-state index < -0.39 is 20.2 Å². The van der Waals surface area contributed by atoms with Gasteiger partial charge in [-0.15, -0.1) is 0 Å². The van der Waals surface area contributed by atoms with Gasteiger partial charge >= 0.3 is 5.97 Å².